The normalized spacial score (nSPS) is 22.5. The first kappa shape index (κ1) is 51.3. The molecule has 1 aliphatic heterocycles. The molecule has 0 aromatic rings. The standard InChI is InChI=1S/C42H77N2O10P/c1-6-8-10-11-12-13-14-15-16-17-18-23-27-38(46)37(34-53-55(50,51)52-32-31-44(3,4)5)43-41(48)28-24-20-19-22-26-36-39(47)33-42(49)54-40(36)30-29-35(45)25-21-9-7-2/h15-16,19,22-23,27,29-30,35-40,42,45-47,49H,6-14,17-18,20-21,24-26,28,31-34H2,1-5H3,(H-,43,48,50,51)/p+1/b16-15-,22-19-,27-23+,30-29+/t35-,36-,37-,38+,39-,40+,42?/m0/s1. The molecule has 13 heteroatoms. The summed E-state index contributed by atoms with van der Waals surface area (Å²) in [6.07, 6.45) is 26.6. The van der Waals surface area contributed by atoms with Crippen molar-refractivity contribution in [2.24, 2.45) is 5.92 Å². The minimum atomic E-state index is -4.42. The maximum absolute atomic E-state index is 12.9. The second kappa shape index (κ2) is 30.4. The van der Waals surface area contributed by atoms with E-state index in [-0.39, 0.29) is 31.3 Å². The van der Waals surface area contributed by atoms with E-state index in [2.05, 4.69) is 31.3 Å². The lowest BCUT2D eigenvalue weighted by Gasteiger charge is -2.36. The van der Waals surface area contributed by atoms with Crippen LogP contribution in [-0.4, -0.2) is 113 Å². The maximum atomic E-state index is 12.9. The Labute approximate surface area is 332 Å². The third kappa shape index (κ3) is 27.6. The molecule has 1 aliphatic rings. The fourth-order valence-electron chi connectivity index (χ4n) is 6.09. The van der Waals surface area contributed by atoms with Crippen molar-refractivity contribution in [3.8, 4) is 0 Å². The third-order valence-corrected chi connectivity index (χ3v) is 10.6. The first-order valence-corrected chi connectivity index (χ1v) is 22.4. The number of nitrogens with one attached hydrogen (secondary N) is 1. The molecule has 0 saturated carbocycles. The average Bonchev–Trinajstić information content (AvgIpc) is 3.11. The third-order valence-electron chi connectivity index (χ3n) is 9.57. The molecule has 0 spiro atoms. The van der Waals surface area contributed by atoms with Gasteiger partial charge >= 0.3 is 7.82 Å². The predicted octanol–water partition coefficient (Wildman–Crippen LogP) is 7.01. The van der Waals surface area contributed by atoms with Gasteiger partial charge < -0.3 is 39.9 Å². The molecule has 8 atom stereocenters. The Balaban J connectivity index is 2.68. The van der Waals surface area contributed by atoms with E-state index in [1.807, 2.05) is 39.4 Å². The van der Waals surface area contributed by atoms with Crippen LogP contribution >= 0.6 is 7.82 Å². The van der Waals surface area contributed by atoms with Crippen molar-refractivity contribution in [1.29, 1.82) is 0 Å². The molecule has 1 heterocycles. The largest absolute Gasteiger partial charge is 0.472 e. The smallest absolute Gasteiger partial charge is 0.393 e. The molecule has 2 unspecified atom stereocenters. The highest BCUT2D eigenvalue weighted by Gasteiger charge is 2.35. The summed E-state index contributed by atoms with van der Waals surface area (Å²) in [4.78, 5) is 23.2. The molecule has 0 aliphatic carbocycles. The van der Waals surface area contributed by atoms with Crippen molar-refractivity contribution in [2.75, 3.05) is 40.9 Å². The molecule has 6 N–H and O–H groups in total. The second-order valence-electron chi connectivity index (χ2n) is 15.9. The monoisotopic (exact) mass is 802 g/mol. The second-order valence-corrected chi connectivity index (χ2v) is 17.3. The van der Waals surface area contributed by atoms with Crippen LogP contribution in [0.4, 0.5) is 0 Å². The molecular formula is C42H78N2O10P+. The van der Waals surface area contributed by atoms with Crippen LogP contribution in [0.15, 0.2) is 48.6 Å². The molecule has 12 nitrogen and oxygen atoms in total. The van der Waals surface area contributed by atoms with Gasteiger partial charge in [-0.25, -0.2) is 4.57 Å². The van der Waals surface area contributed by atoms with E-state index in [0.29, 0.717) is 43.1 Å². The number of amides is 1. The number of quaternary nitrogens is 1. The zero-order valence-corrected chi connectivity index (χ0v) is 35.6. The number of aliphatic hydroxyl groups is 4. The van der Waals surface area contributed by atoms with Gasteiger partial charge in [0.2, 0.25) is 5.91 Å². The molecule has 0 bridgehead atoms. The lowest BCUT2D eigenvalue weighted by Crippen LogP contribution is -2.45. The summed E-state index contributed by atoms with van der Waals surface area (Å²) in [5.74, 6) is -0.629. The van der Waals surface area contributed by atoms with Crippen molar-refractivity contribution in [3.05, 3.63) is 48.6 Å². The van der Waals surface area contributed by atoms with Gasteiger partial charge in [-0.3, -0.25) is 13.8 Å². The fourth-order valence-corrected chi connectivity index (χ4v) is 6.83. The summed E-state index contributed by atoms with van der Waals surface area (Å²) in [5, 5.41) is 44.7. The number of ether oxygens (including phenoxy) is 1. The van der Waals surface area contributed by atoms with Crippen LogP contribution < -0.4 is 5.32 Å². The van der Waals surface area contributed by atoms with E-state index in [0.717, 1.165) is 32.1 Å². The number of unbranched alkanes of at least 4 members (excludes halogenated alkanes) is 10. The van der Waals surface area contributed by atoms with Gasteiger partial charge in [-0.1, -0.05) is 114 Å². The summed E-state index contributed by atoms with van der Waals surface area (Å²) < 4.78 is 29.1. The minimum Gasteiger partial charge on any atom is -0.393 e. The first-order valence-electron chi connectivity index (χ1n) is 20.9. The Bertz CT molecular complexity index is 1160. The highest BCUT2D eigenvalue weighted by atomic mass is 31.2. The zero-order chi connectivity index (χ0) is 41.0. The summed E-state index contributed by atoms with van der Waals surface area (Å²) >= 11 is 0. The quantitative estimate of drug-likeness (QED) is 0.0180. The van der Waals surface area contributed by atoms with E-state index < -0.39 is 51.2 Å². The zero-order valence-electron chi connectivity index (χ0n) is 34.7. The van der Waals surface area contributed by atoms with Gasteiger partial charge in [-0.2, -0.15) is 0 Å². The first-order chi connectivity index (χ1) is 26.2. The molecule has 55 heavy (non-hydrogen) atoms. The van der Waals surface area contributed by atoms with Gasteiger partial charge in [-0.15, -0.1) is 0 Å². The summed E-state index contributed by atoms with van der Waals surface area (Å²) in [6, 6.07) is -0.969. The van der Waals surface area contributed by atoms with Crippen LogP contribution in [-0.2, 0) is 23.1 Å². The molecule has 0 aromatic heterocycles. The maximum Gasteiger partial charge on any atom is 0.472 e. The Hall–Kier alpha value is -1.70. The topological polar surface area (TPSA) is 175 Å². The number of phosphoric acid groups is 1. The SMILES string of the molecule is CCCCCCCC/C=C\CC/C=C/[C@@H](O)[C@H](COP(=O)(O)OCC[N+](C)(C)C)NC(=O)CCC/C=C\C[C@H]1[C@@H](O)CC(O)O[C@@H]1/C=C/[C@@H](O)CCCCC. The Morgan fingerprint density at radius 2 is 1.49 bits per heavy atom. The van der Waals surface area contributed by atoms with Crippen molar-refractivity contribution < 1.29 is 52.9 Å². The average molecular weight is 802 g/mol. The molecular weight excluding hydrogens is 723 g/mol. The Morgan fingerprint density at radius 3 is 2.22 bits per heavy atom. The number of phosphoric ester groups is 1. The van der Waals surface area contributed by atoms with Crippen molar-refractivity contribution in [2.45, 2.75) is 166 Å². The minimum absolute atomic E-state index is 0.00491. The predicted molar refractivity (Wildman–Crippen MR) is 220 cm³/mol. The van der Waals surface area contributed by atoms with Gasteiger partial charge in [0.15, 0.2) is 6.29 Å². The number of rotatable bonds is 32. The lowest BCUT2D eigenvalue weighted by atomic mass is 9.87. The lowest BCUT2D eigenvalue weighted by molar-refractivity contribution is -0.870. The Kier molecular flexibility index (Phi) is 28.4. The van der Waals surface area contributed by atoms with Gasteiger partial charge in [0.1, 0.15) is 13.2 Å². The fraction of sp³-hybridized carbons (Fsp3) is 0.786. The molecule has 1 fully saturated rings. The van der Waals surface area contributed by atoms with E-state index in [9.17, 15) is 34.7 Å². The summed E-state index contributed by atoms with van der Waals surface area (Å²) in [5.41, 5.74) is 0. The highest BCUT2D eigenvalue weighted by molar-refractivity contribution is 7.47. The van der Waals surface area contributed by atoms with E-state index in [1.165, 1.54) is 38.5 Å². The van der Waals surface area contributed by atoms with Crippen LogP contribution in [0.2, 0.25) is 0 Å². The number of aliphatic hydroxyl groups excluding tert-OH is 4. The van der Waals surface area contributed by atoms with Crippen LogP contribution in [0.3, 0.4) is 0 Å². The number of nitrogens with zero attached hydrogens (tertiary/aromatic N) is 1. The number of likely N-dealkylation sites (N-methyl/N-ethyl adjacent to an activating group) is 1. The van der Waals surface area contributed by atoms with Crippen molar-refractivity contribution >= 4 is 13.7 Å². The molecule has 0 radical (unpaired) electrons. The molecule has 320 valence electrons. The van der Waals surface area contributed by atoms with Crippen molar-refractivity contribution in [3.63, 3.8) is 0 Å². The van der Waals surface area contributed by atoms with Gasteiger partial charge in [-0.05, 0) is 51.4 Å². The summed E-state index contributed by atoms with van der Waals surface area (Å²) in [7, 11) is 1.38. The van der Waals surface area contributed by atoms with Crippen LogP contribution in [0, 0.1) is 5.92 Å². The number of hydrogen-bond donors (Lipinski definition) is 6. The van der Waals surface area contributed by atoms with Gasteiger partial charge in [0.05, 0.1) is 58.2 Å². The van der Waals surface area contributed by atoms with Gasteiger partial charge in [0, 0.05) is 18.8 Å². The number of hydrogen-bond acceptors (Lipinski definition) is 9. The highest BCUT2D eigenvalue weighted by Crippen LogP contribution is 2.43. The molecule has 1 saturated heterocycles. The van der Waals surface area contributed by atoms with Crippen LogP contribution in [0.5, 0.6) is 0 Å². The molecule has 1 rings (SSSR count). The molecule has 0 aromatic carbocycles. The van der Waals surface area contributed by atoms with E-state index >= 15 is 0 Å². The van der Waals surface area contributed by atoms with Gasteiger partial charge in [0.25, 0.3) is 0 Å². The van der Waals surface area contributed by atoms with Crippen LogP contribution in [0.1, 0.15) is 129 Å². The molecule has 1 amide bonds. The number of carbonyl (C=O) groups excluding carboxylic acids is 1. The van der Waals surface area contributed by atoms with Crippen LogP contribution in [0.25, 0.3) is 0 Å². The Morgan fingerprint density at radius 1 is 0.855 bits per heavy atom. The number of allylic oxidation sites excluding steroid dienone is 5. The van der Waals surface area contributed by atoms with E-state index in [4.69, 9.17) is 13.8 Å². The number of carbonyl (C=O) groups is 1. The van der Waals surface area contributed by atoms with Crippen molar-refractivity contribution in [1.82, 2.24) is 5.32 Å². The summed E-state index contributed by atoms with van der Waals surface area (Å²) in [6.45, 7) is 4.40. The van der Waals surface area contributed by atoms with E-state index in [1.54, 1.807) is 18.2 Å².